The minimum absolute atomic E-state index is 0.324. The predicted octanol–water partition coefficient (Wildman–Crippen LogP) is 1.86. The summed E-state index contributed by atoms with van der Waals surface area (Å²) in [6.45, 7) is 0. The van der Waals surface area contributed by atoms with E-state index in [-0.39, 0.29) is 12.8 Å². The maximum atomic E-state index is 12.9. The Balaban J connectivity index is 2.90. The topological polar surface area (TPSA) is 74.6 Å². The molecule has 0 aliphatic heterocycles. The Morgan fingerprint density at radius 1 is 1.19 bits per heavy atom. The number of halogens is 1. The molecule has 0 atom stereocenters. The zero-order valence-corrected chi connectivity index (χ0v) is 8.39. The molecule has 2 N–H and O–H groups in total. The normalized spacial score (nSPS) is 10.4. The summed E-state index contributed by atoms with van der Waals surface area (Å²) in [7, 11) is 0. The van der Waals surface area contributed by atoms with Crippen molar-refractivity contribution in [3.05, 3.63) is 35.6 Å². The third-order valence-electron chi connectivity index (χ3n) is 2.16. The number of rotatable bonds is 5. The average Bonchev–Trinajstić information content (AvgIpc) is 2.15. The summed E-state index contributed by atoms with van der Waals surface area (Å²) >= 11 is 0. The molecule has 0 heterocycles. The number of carboxylic acids is 2. The van der Waals surface area contributed by atoms with Crippen LogP contribution in [-0.2, 0) is 9.59 Å². The molecule has 0 aliphatic rings. The van der Waals surface area contributed by atoms with Crippen molar-refractivity contribution in [2.75, 3.05) is 0 Å². The monoisotopic (exact) mass is 226 g/mol. The van der Waals surface area contributed by atoms with Crippen LogP contribution in [0.4, 0.5) is 4.39 Å². The van der Waals surface area contributed by atoms with Crippen LogP contribution >= 0.6 is 0 Å². The first-order valence-electron chi connectivity index (χ1n) is 4.68. The van der Waals surface area contributed by atoms with E-state index in [4.69, 9.17) is 10.2 Å². The number of carboxylic acid groups (broad SMARTS) is 2. The van der Waals surface area contributed by atoms with Crippen LogP contribution < -0.4 is 0 Å². The molecule has 0 unspecified atom stereocenters. The first kappa shape index (κ1) is 12.2. The summed E-state index contributed by atoms with van der Waals surface area (Å²) in [6, 6.07) is 5.35. The fourth-order valence-corrected chi connectivity index (χ4v) is 1.49. The molecule has 0 saturated carbocycles. The van der Waals surface area contributed by atoms with Gasteiger partial charge < -0.3 is 10.2 Å². The molecule has 0 aromatic heterocycles. The van der Waals surface area contributed by atoms with Crippen molar-refractivity contribution in [2.45, 2.75) is 18.8 Å². The molecule has 5 heteroatoms. The number of hydrogen-bond donors (Lipinski definition) is 2. The molecule has 0 fully saturated rings. The minimum Gasteiger partial charge on any atom is -0.481 e. The van der Waals surface area contributed by atoms with Gasteiger partial charge in [-0.2, -0.15) is 0 Å². The lowest BCUT2D eigenvalue weighted by Crippen LogP contribution is -2.11. The lowest BCUT2D eigenvalue weighted by atomic mass is 9.92. The van der Waals surface area contributed by atoms with E-state index < -0.39 is 23.7 Å². The average molecular weight is 226 g/mol. The van der Waals surface area contributed by atoms with E-state index in [0.29, 0.717) is 5.56 Å². The standard InChI is InChI=1S/C11H11FO4/c12-9-3-1-2-7(4-9)8(5-10(13)14)6-11(15)16/h1-4,8H,5-6H2,(H,13,14)(H,15,16). The van der Waals surface area contributed by atoms with E-state index in [0.717, 1.165) is 6.07 Å². The van der Waals surface area contributed by atoms with Gasteiger partial charge in [0.2, 0.25) is 0 Å². The van der Waals surface area contributed by atoms with Crippen LogP contribution in [0.1, 0.15) is 24.3 Å². The second-order valence-electron chi connectivity index (χ2n) is 3.45. The number of aliphatic carboxylic acids is 2. The van der Waals surface area contributed by atoms with Gasteiger partial charge in [0.15, 0.2) is 0 Å². The smallest absolute Gasteiger partial charge is 0.303 e. The van der Waals surface area contributed by atoms with Crippen molar-refractivity contribution in [2.24, 2.45) is 0 Å². The van der Waals surface area contributed by atoms with Crippen molar-refractivity contribution >= 4 is 11.9 Å². The highest BCUT2D eigenvalue weighted by atomic mass is 19.1. The fraction of sp³-hybridized carbons (Fsp3) is 0.273. The molecule has 16 heavy (non-hydrogen) atoms. The molecule has 0 saturated heterocycles. The molecule has 0 radical (unpaired) electrons. The Morgan fingerprint density at radius 2 is 1.75 bits per heavy atom. The van der Waals surface area contributed by atoms with E-state index in [9.17, 15) is 14.0 Å². The fourth-order valence-electron chi connectivity index (χ4n) is 1.49. The molecular weight excluding hydrogens is 215 g/mol. The Kier molecular flexibility index (Phi) is 3.99. The highest BCUT2D eigenvalue weighted by Gasteiger charge is 2.19. The Morgan fingerprint density at radius 3 is 2.19 bits per heavy atom. The highest BCUT2D eigenvalue weighted by molar-refractivity contribution is 5.72. The van der Waals surface area contributed by atoms with Crippen LogP contribution in [0, 0.1) is 5.82 Å². The third-order valence-corrected chi connectivity index (χ3v) is 2.16. The van der Waals surface area contributed by atoms with Gasteiger partial charge >= 0.3 is 11.9 Å². The van der Waals surface area contributed by atoms with Crippen molar-refractivity contribution in [1.29, 1.82) is 0 Å². The van der Waals surface area contributed by atoms with Crippen LogP contribution in [-0.4, -0.2) is 22.2 Å². The van der Waals surface area contributed by atoms with Crippen molar-refractivity contribution in [3.63, 3.8) is 0 Å². The van der Waals surface area contributed by atoms with E-state index in [1.165, 1.54) is 18.2 Å². The predicted molar refractivity (Wildman–Crippen MR) is 53.6 cm³/mol. The van der Waals surface area contributed by atoms with Crippen molar-refractivity contribution in [1.82, 2.24) is 0 Å². The van der Waals surface area contributed by atoms with Gasteiger partial charge in [-0.25, -0.2) is 4.39 Å². The number of carbonyl (C=O) groups is 2. The highest BCUT2D eigenvalue weighted by Crippen LogP contribution is 2.24. The van der Waals surface area contributed by atoms with Crippen LogP contribution in [0.5, 0.6) is 0 Å². The quantitative estimate of drug-likeness (QED) is 0.803. The molecular formula is C11H11FO4. The van der Waals surface area contributed by atoms with Crippen molar-refractivity contribution in [3.8, 4) is 0 Å². The SMILES string of the molecule is O=C(O)CC(CC(=O)O)c1cccc(F)c1. The Bertz CT molecular complexity index is 387. The summed E-state index contributed by atoms with van der Waals surface area (Å²) in [4.78, 5) is 21.1. The Hall–Kier alpha value is -1.91. The lowest BCUT2D eigenvalue weighted by molar-refractivity contribution is -0.139. The minimum atomic E-state index is -1.10. The summed E-state index contributed by atoms with van der Waals surface area (Å²) in [5.41, 5.74) is 0.393. The molecule has 1 aromatic carbocycles. The number of hydrogen-bond acceptors (Lipinski definition) is 2. The summed E-state index contributed by atoms with van der Waals surface area (Å²) in [6.07, 6.45) is -0.647. The van der Waals surface area contributed by atoms with Gasteiger partial charge in [0, 0.05) is 5.92 Å². The van der Waals surface area contributed by atoms with E-state index in [1.54, 1.807) is 0 Å². The zero-order chi connectivity index (χ0) is 12.1. The maximum absolute atomic E-state index is 12.9. The van der Waals surface area contributed by atoms with E-state index in [2.05, 4.69) is 0 Å². The van der Waals surface area contributed by atoms with Crippen molar-refractivity contribution < 1.29 is 24.2 Å². The molecule has 4 nitrogen and oxygen atoms in total. The summed E-state index contributed by atoms with van der Waals surface area (Å²) < 4.78 is 12.9. The molecule has 0 amide bonds. The zero-order valence-electron chi connectivity index (χ0n) is 8.39. The molecule has 0 bridgehead atoms. The van der Waals surface area contributed by atoms with Gasteiger partial charge in [-0.3, -0.25) is 9.59 Å². The first-order chi connectivity index (χ1) is 7.49. The van der Waals surface area contributed by atoms with Crippen LogP contribution in [0.15, 0.2) is 24.3 Å². The Labute approximate surface area is 91.3 Å². The van der Waals surface area contributed by atoms with Gasteiger partial charge in [0.05, 0.1) is 12.8 Å². The summed E-state index contributed by atoms with van der Waals surface area (Å²) in [5, 5.41) is 17.3. The largest absolute Gasteiger partial charge is 0.481 e. The van der Waals surface area contributed by atoms with E-state index >= 15 is 0 Å². The van der Waals surface area contributed by atoms with Crippen LogP contribution in [0.3, 0.4) is 0 Å². The molecule has 0 aliphatic carbocycles. The van der Waals surface area contributed by atoms with Gasteiger partial charge in [0.1, 0.15) is 5.82 Å². The molecule has 1 aromatic rings. The van der Waals surface area contributed by atoms with Gasteiger partial charge in [-0.1, -0.05) is 12.1 Å². The third kappa shape index (κ3) is 3.68. The van der Waals surface area contributed by atoms with E-state index in [1.807, 2.05) is 0 Å². The second-order valence-corrected chi connectivity index (χ2v) is 3.45. The molecule has 1 rings (SSSR count). The van der Waals surface area contributed by atoms with Gasteiger partial charge in [0.25, 0.3) is 0 Å². The lowest BCUT2D eigenvalue weighted by Gasteiger charge is -2.12. The second kappa shape index (κ2) is 5.25. The first-order valence-corrected chi connectivity index (χ1v) is 4.68. The maximum Gasteiger partial charge on any atom is 0.303 e. The number of benzene rings is 1. The van der Waals surface area contributed by atoms with Gasteiger partial charge in [-0.05, 0) is 17.7 Å². The molecule has 86 valence electrons. The molecule has 0 spiro atoms. The summed E-state index contributed by atoms with van der Waals surface area (Å²) in [5.74, 6) is -3.41. The van der Waals surface area contributed by atoms with Crippen LogP contribution in [0.25, 0.3) is 0 Å². The van der Waals surface area contributed by atoms with Crippen LogP contribution in [0.2, 0.25) is 0 Å². The van der Waals surface area contributed by atoms with Gasteiger partial charge in [-0.15, -0.1) is 0 Å².